The molecule has 1 aliphatic heterocycles. The summed E-state index contributed by atoms with van der Waals surface area (Å²) in [5, 5.41) is 5.18. The van der Waals surface area contributed by atoms with Crippen LogP contribution in [0.5, 0.6) is 5.75 Å². The van der Waals surface area contributed by atoms with Gasteiger partial charge in [0.1, 0.15) is 11.8 Å². The Kier molecular flexibility index (Phi) is 6.06. The molecule has 0 amide bonds. The lowest BCUT2D eigenvalue weighted by Gasteiger charge is -2.28. The Bertz CT molecular complexity index is 1540. The fraction of sp³-hybridized carbons (Fsp3) is 0.233. The fourth-order valence-electron chi connectivity index (χ4n) is 5.59. The third-order valence-corrected chi connectivity index (χ3v) is 8.74. The van der Waals surface area contributed by atoms with Gasteiger partial charge in [-0.05, 0) is 98.6 Å². The molecule has 0 radical (unpaired) electrons. The normalized spacial score (nSPS) is 19.8. The number of rotatable bonds is 6. The molecule has 5 aromatic rings. The Morgan fingerprint density at radius 2 is 1.74 bits per heavy atom. The van der Waals surface area contributed by atoms with E-state index >= 15 is 0 Å². The molecule has 0 unspecified atom stereocenters. The maximum absolute atomic E-state index is 6.23. The molecular formula is C30H27N5OS2. The van der Waals surface area contributed by atoms with Crippen LogP contribution in [0.4, 0.5) is 5.69 Å². The van der Waals surface area contributed by atoms with Gasteiger partial charge in [-0.25, -0.2) is 4.98 Å². The summed E-state index contributed by atoms with van der Waals surface area (Å²) in [6.07, 6.45) is 9.02. The zero-order valence-corrected chi connectivity index (χ0v) is 22.4. The van der Waals surface area contributed by atoms with Crippen LogP contribution in [0, 0.1) is 0 Å². The first-order chi connectivity index (χ1) is 18.7. The van der Waals surface area contributed by atoms with E-state index in [1.54, 1.807) is 11.3 Å². The first kappa shape index (κ1) is 23.4. The predicted octanol–water partition coefficient (Wildman–Crippen LogP) is 6.98. The molecule has 38 heavy (non-hydrogen) atoms. The number of nitrogens with one attached hydrogen (secondary N) is 1. The van der Waals surface area contributed by atoms with Crippen molar-refractivity contribution in [3.8, 4) is 10.9 Å². The molecule has 2 aromatic carbocycles. The van der Waals surface area contributed by atoms with Crippen molar-refractivity contribution in [1.82, 2.24) is 19.9 Å². The third-order valence-electron chi connectivity index (χ3n) is 7.39. The summed E-state index contributed by atoms with van der Waals surface area (Å²) in [5.74, 6) is 0.911. The van der Waals surface area contributed by atoms with E-state index in [0.717, 1.165) is 46.3 Å². The number of hydrogen-bond donors (Lipinski definition) is 1. The summed E-state index contributed by atoms with van der Waals surface area (Å²) in [7, 11) is 0. The minimum Gasteiger partial charge on any atom is -0.490 e. The van der Waals surface area contributed by atoms with Crippen molar-refractivity contribution in [2.75, 3.05) is 4.90 Å². The van der Waals surface area contributed by atoms with E-state index in [1.165, 1.54) is 17.5 Å². The van der Waals surface area contributed by atoms with Crippen molar-refractivity contribution in [2.24, 2.45) is 0 Å². The second kappa shape index (κ2) is 9.85. The minimum absolute atomic E-state index is 0.124. The summed E-state index contributed by atoms with van der Waals surface area (Å²) in [5.41, 5.74) is 4.06. The average Bonchev–Trinajstić information content (AvgIpc) is 3.75. The smallest absolute Gasteiger partial charge is 0.194 e. The van der Waals surface area contributed by atoms with Crippen LogP contribution < -0.4 is 15.0 Å². The van der Waals surface area contributed by atoms with Crippen LogP contribution in [0.1, 0.15) is 49.2 Å². The number of aromatic nitrogens is 3. The minimum atomic E-state index is -0.124. The first-order valence-corrected chi connectivity index (χ1v) is 14.3. The van der Waals surface area contributed by atoms with Gasteiger partial charge in [0.05, 0.1) is 33.8 Å². The molecule has 2 aliphatic rings. The summed E-state index contributed by atoms with van der Waals surface area (Å²) in [4.78, 5) is 11.8. The molecule has 2 atom stereocenters. The number of fused-ring (bicyclic) bond motifs is 1. The molecule has 1 aliphatic carbocycles. The van der Waals surface area contributed by atoms with Gasteiger partial charge in [0.25, 0.3) is 0 Å². The standard InChI is InChI=1S/C30H27N5OS2/c37-29-33-27(24-11-5-6-18-31-24)28(35(29)20-14-16-22(17-15-20)36-21-8-1-2-9-21)25-12-7-19-34(25)30-32-23-10-3-4-13-26(23)38-30/h3-7,10-19,21,27-28H,1-2,8-9H2,(H,33,37)/t27-,28+/m0/s1. The molecule has 4 heterocycles. The summed E-state index contributed by atoms with van der Waals surface area (Å²) in [6, 6.07) is 26.6. The molecule has 190 valence electrons. The van der Waals surface area contributed by atoms with E-state index in [-0.39, 0.29) is 12.1 Å². The monoisotopic (exact) mass is 537 g/mol. The summed E-state index contributed by atoms with van der Waals surface area (Å²) >= 11 is 7.63. The van der Waals surface area contributed by atoms with Crippen LogP contribution in [0.25, 0.3) is 15.3 Å². The molecule has 0 bridgehead atoms. The number of hydrogen-bond acceptors (Lipinski definition) is 5. The van der Waals surface area contributed by atoms with Crippen LogP contribution in [-0.2, 0) is 0 Å². The molecule has 0 spiro atoms. The Morgan fingerprint density at radius 1 is 0.921 bits per heavy atom. The summed E-state index contributed by atoms with van der Waals surface area (Å²) in [6.45, 7) is 0. The molecule has 1 N–H and O–H groups in total. The highest BCUT2D eigenvalue weighted by Crippen LogP contribution is 2.43. The highest BCUT2D eigenvalue weighted by Gasteiger charge is 2.42. The number of ether oxygens (including phenoxy) is 1. The van der Waals surface area contributed by atoms with Crippen molar-refractivity contribution < 1.29 is 4.74 Å². The molecular weight excluding hydrogens is 510 g/mol. The third kappa shape index (κ3) is 4.23. The van der Waals surface area contributed by atoms with E-state index in [4.69, 9.17) is 26.9 Å². The van der Waals surface area contributed by atoms with Crippen LogP contribution in [0.2, 0.25) is 0 Å². The zero-order valence-electron chi connectivity index (χ0n) is 20.7. The van der Waals surface area contributed by atoms with Crippen molar-refractivity contribution >= 4 is 44.6 Å². The van der Waals surface area contributed by atoms with Gasteiger partial charge in [0.2, 0.25) is 0 Å². The highest BCUT2D eigenvalue weighted by atomic mass is 32.1. The van der Waals surface area contributed by atoms with Crippen molar-refractivity contribution in [3.63, 3.8) is 0 Å². The number of thiocarbonyl (C=S) groups is 1. The lowest BCUT2D eigenvalue weighted by atomic mass is 10.0. The van der Waals surface area contributed by atoms with Crippen molar-refractivity contribution in [1.29, 1.82) is 0 Å². The van der Waals surface area contributed by atoms with E-state index in [9.17, 15) is 0 Å². The van der Waals surface area contributed by atoms with E-state index < -0.39 is 0 Å². The van der Waals surface area contributed by atoms with Gasteiger partial charge >= 0.3 is 0 Å². The van der Waals surface area contributed by atoms with Crippen molar-refractivity contribution in [2.45, 2.75) is 43.9 Å². The van der Waals surface area contributed by atoms with Crippen LogP contribution in [-0.4, -0.2) is 25.8 Å². The Hall–Kier alpha value is -3.75. The maximum atomic E-state index is 6.23. The molecule has 3 aromatic heterocycles. The van der Waals surface area contributed by atoms with E-state index in [0.29, 0.717) is 11.2 Å². The van der Waals surface area contributed by atoms with Gasteiger partial charge in [-0.2, -0.15) is 0 Å². The van der Waals surface area contributed by atoms with Gasteiger partial charge in [-0.15, -0.1) is 0 Å². The Morgan fingerprint density at radius 3 is 2.53 bits per heavy atom. The van der Waals surface area contributed by atoms with Gasteiger partial charge in [-0.1, -0.05) is 29.5 Å². The number of anilines is 1. The SMILES string of the molecule is S=C1N[C@@H](c2ccccn2)[C@@H](c2cccn2-c2nc3ccccc3s2)N1c1ccc(OC2CCCC2)cc1. The molecule has 7 rings (SSSR count). The van der Waals surface area contributed by atoms with Crippen LogP contribution >= 0.6 is 23.6 Å². The van der Waals surface area contributed by atoms with Crippen LogP contribution in [0.15, 0.2) is 91.3 Å². The maximum Gasteiger partial charge on any atom is 0.194 e. The molecule has 6 nitrogen and oxygen atoms in total. The lowest BCUT2D eigenvalue weighted by Crippen LogP contribution is -2.30. The number of thiazole rings is 1. The van der Waals surface area contributed by atoms with Gasteiger partial charge in [-0.3, -0.25) is 9.55 Å². The lowest BCUT2D eigenvalue weighted by molar-refractivity contribution is 0.210. The molecule has 1 saturated carbocycles. The highest BCUT2D eigenvalue weighted by molar-refractivity contribution is 7.80. The Balaban J connectivity index is 1.29. The molecule has 1 saturated heterocycles. The number of para-hydroxylation sites is 1. The number of nitrogens with zero attached hydrogens (tertiary/aromatic N) is 4. The second-order valence-electron chi connectivity index (χ2n) is 9.78. The zero-order chi connectivity index (χ0) is 25.5. The van der Waals surface area contributed by atoms with Gasteiger partial charge in [0.15, 0.2) is 10.2 Å². The van der Waals surface area contributed by atoms with Crippen molar-refractivity contribution in [3.05, 3.63) is 103 Å². The fourth-order valence-corrected chi connectivity index (χ4v) is 6.91. The quantitative estimate of drug-likeness (QED) is 0.236. The first-order valence-electron chi connectivity index (χ1n) is 13.1. The molecule has 8 heteroatoms. The van der Waals surface area contributed by atoms with Gasteiger partial charge in [0, 0.05) is 18.1 Å². The number of pyridine rings is 1. The second-order valence-corrected chi connectivity index (χ2v) is 11.2. The summed E-state index contributed by atoms with van der Waals surface area (Å²) < 4.78 is 9.58. The van der Waals surface area contributed by atoms with E-state index in [2.05, 4.69) is 81.6 Å². The van der Waals surface area contributed by atoms with Gasteiger partial charge < -0.3 is 15.0 Å². The predicted molar refractivity (Wildman–Crippen MR) is 156 cm³/mol. The van der Waals surface area contributed by atoms with E-state index in [1.807, 2.05) is 24.4 Å². The average molecular weight is 538 g/mol. The largest absolute Gasteiger partial charge is 0.490 e. The Labute approximate surface area is 230 Å². The number of benzene rings is 2. The topological polar surface area (TPSA) is 55.2 Å². The van der Waals surface area contributed by atoms with Crippen LogP contribution in [0.3, 0.4) is 0 Å². The molecule has 2 fully saturated rings.